The van der Waals surface area contributed by atoms with Gasteiger partial charge in [0.1, 0.15) is 5.01 Å². The predicted octanol–water partition coefficient (Wildman–Crippen LogP) is 4.94. The third kappa shape index (κ3) is 4.09. The summed E-state index contributed by atoms with van der Waals surface area (Å²) in [5.41, 5.74) is 3.83. The lowest BCUT2D eigenvalue weighted by atomic mass is 10.0. The Morgan fingerprint density at radius 1 is 1.10 bits per heavy atom. The summed E-state index contributed by atoms with van der Waals surface area (Å²) in [6.07, 6.45) is 3.36. The van der Waals surface area contributed by atoms with E-state index in [1.54, 1.807) is 10.6 Å². The van der Waals surface area contributed by atoms with Crippen molar-refractivity contribution in [2.45, 2.75) is 26.7 Å². The topological polar surface area (TPSA) is 72.2 Å². The Morgan fingerprint density at radius 3 is 2.59 bits per heavy atom. The Hall–Kier alpha value is -3.32. The third-order valence-corrected chi connectivity index (χ3v) is 5.52. The number of nitrogens with one attached hydrogen (secondary N) is 1. The number of hydrogen-bond acceptors (Lipinski definition) is 5. The smallest absolute Gasteiger partial charge is 0.248 e. The number of benzene rings is 2. The number of fused-ring (bicyclic) bond motifs is 1. The molecule has 0 fully saturated rings. The van der Waals surface area contributed by atoms with Crippen LogP contribution in [0.15, 0.2) is 54.6 Å². The molecule has 7 heteroatoms. The van der Waals surface area contributed by atoms with Gasteiger partial charge in [-0.25, -0.2) is 0 Å². The van der Waals surface area contributed by atoms with Crippen LogP contribution in [0.3, 0.4) is 0 Å². The van der Waals surface area contributed by atoms with Gasteiger partial charge in [0.25, 0.3) is 0 Å². The van der Waals surface area contributed by atoms with Gasteiger partial charge in [0.05, 0.1) is 5.69 Å². The average molecular weight is 404 g/mol. The maximum Gasteiger partial charge on any atom is 0.248 e. The zero-order valence-corrected chi connectivity index (χ0v) is 17.3. The first-order valence-electron chi connectivity index (χ1n) is 9.38. The lowest BCUT2D eigenvalue weighted by molar-refractivity contribution is -0.111. The zero-order chi connectivity index (χ0) is 20.4. The molecule has 0 saturated carbocycles. The van der Waals surface area contributed by atoms with Gasteiger partial charge in [-0.1, -0.05) is 61.6 Å². The highest BCUT2D eigenvalue weighted by molar-refractivity contribution is 7.19. The van der Waals surface area contributed by atoms with Crippen molar-refractivity contribution >= 4 is 34.0 Å². The minimum atomic E-state index is -0.190. The second-order valence-corrected chi connectivity index (χ2v) is 7.99. The summed E-state index contributed by atoms with van der Waals surface area (Å²) in [5.74, 6) is 1.03. The Bertz CT molecular complexity index is 1190. The second-order valence-electron chi connectivity index (χ2n) is 7.04. The number of rotatable bonds is 5. The Labute approximate surface area is 172 Å². The third-order valence-electron chi connectivity index (χ3n) is 4.59. The van der Waals surface area contributed by atoms with Crippen LogP contribution in [0.25, 0.3) is 21.6 Å². The summed E-state index contributed by atoms with van der Waals surface area (Å²) < 4.78 is 1.71. The average Bonchev–Trinajstić information content (AvgIpc) is 3.29. The molecule has 29 heavy (non-hydrogen) atoms. The first kappa shape index (κ1) is 19.0. The van der Waals surface area contributed by atoms with Crippen LogP contribution in [0.4, 0.5) is 5.69 Å². The normalized spacial score (nSPS) is 11.6. The Balaban J connectivity index is 1.52. The molecule has 4 rings (SSSR count). The van der Waals surface area contributed by atoms with Gasteiger partial charge in [-0.2, -0.15) is 9.61 Å². The fourth-order valence-corrected chi connectivity index (χ4v) is 3.86. The van der Waals surface area contributed by atoms with Crippen LogP contribution < -0.4 is 5.32 Å². The highest BCUT2D eigenvalue weighted by Crippen LogP contribution is 2.31. The minimum Gasteiger partial charge on any atom is -0.322 e. The SMILES string of the molecule is Cc1nnc2sc(-c3ccccc3NC(=O)/C=C/c3ccc(C(C)C)cc3)nn12. The van der Waals surface area contributed by atoms with Crippen LogP contribution in [0.2, 0.25) is 0 Å². The first-order valence-corrected chi connectivity index (χ1v) is 10.2. The molecule has 146 valence electrons. The van der Waals surface area contributed by atoms with E-state index >= 15 is 0 Å². The van der Waals surface area contributed by atoms with Gasteiger partial charge >= 0.3 is 0 Å². The maximum atomic E-state index is 12.5. The van der Waals surface area contributed by atoms with Gasteiger partial charge in [-0.05, 0) is 42.2 Å². The van der Waals surface area contributed by atoms with Gasteiger partial charge < -0.3 is 5.32 Å². The molecule has 0 aliphatic carbocycles. The molecule has 0 bridgehead atoms. The lowest BCUT2D eigenvalue weighted by Crippen LogP contribution is -2.08. The monoisotopic (exact) mass is 403 g/mol. The second kappa shape index (κ2) is 7.97. The van der Waals surface area contributed by atoms with Crippen molar-refractivity contribution in [1.82, 2.24) is 19.8 Å². The summed E-state index contributed by atoms with van der Waals surface area (Å²) >= 11 is 1.44. The van der Waals surface area contributed by atoms with Crippen molar-refractivity contribution < 1.29 is 4.79 Å². The van der Waals surface area contributed by atoms with Crippen molar-refractivity contribution in [3.8, 4) is 10.6 Å². The summed E-state index contributed by atoms with van der Waals surface area (Å²) in [6, 6.07) is 15.8. The molecule has 0 atom stereocenters. The van der Waals surface area contributed by atoms with E-state index in [4.69, 9.17) is 0 Å². The molecular formula is C22H21N5OS. The molecule has 0 radical (unpaired) electrons. The largest absolute Gasteiger partial charge is 0.322 e. The summed E-state index contributed by atoms with van der Waals surface area (Å²) in [7, 11) is 0. The highest BCUT2D eigenvalue weighted by Gasteiger charge is 2.14. The molecule has 0 aliphatic heterocycles. The molecule has 6 nitrogen and oxygen atoms in total. The molecular weight excluding hydrogens is 382 g/mol. The predicted molar refractivity (Wildman–Crippen MR) is 117 cm³/mol. The molecule has 2 aromatic heterocycles. The van der Waals surface area contributed by atoms with Crippen LogP contribution in [0, 0.1) is 6.92 Å². The van der Waals surface area contributed by atoms with Gasteiger partial charge in [-0.15, -0.1) is 10.2 Å². The quantitative estimate of drug-likeness (QED) is 0.479. The summed E-state index contributed by atoms with van der Waals surface area (Å²) in [6.45, 7) is 6.18. The van der Waals surface area contributed by atoms with Crippen molar-refractivity contribution in [2.75, 3.05) is 5.32 Å². The standard InChI is InChI=1S/C22H21N5OS/c1-14(2)17-11-8-16(9-12-17)10-13-20(28)23-19-7-5-4-6-18(19)21-26-27-15(3)24-25-22(27)29-21/h4-14H,1-3H3,(H,23,28)/b13-10+. The van der Waals surface area contributed by atoms with E-state index in [1.165, 1.54) is 16.9 Å². The van der Waals surface area contributed by atoms with E-state index in [2.05, 4.69) is 46.6 Å². The summed E-state index contributed by atoms with van der Waals surface area (Å²) in [4.78, 5) is 13.2. The zero-order valence-electron chi connectivity index (χ0n) is 16.5. The number of anilines is 1. The van der Waals surface area contributed by atoms with Crippen molar-refractivity contribution in [2.24, 2.45) is 0 Å². The molecule has 4 aromatic rings. The molecule has 1 N–H and O–H groups in total. The van der Waals surface area contributed by atoms with Crippen LogP contribution in [0.5, 0.6) is 0 Å². The molecule has 2 aromatic carbocycles. The van der Waals surface area contributed by atoms with E-state index in [9.17, 15) is 4.79 Å². The number of para-hydroxylation sites is 1. The molecule has 1 amide bonds. The fraction of sp³-hybridized carbons (Fsp3) is 0.182. The van der Waals surface area contributed by atoms with E-state index in [0.717, 1.165) is 26.9 Å². The maximum absolute atomic E-state index is 12.5. The number of carbonyl (C=O) groups excluding carboxylic acids is 1. The lowest BCUT2D eigenvalue weighted by Gasteiger charge is -2.07. The minimum absolute atomic E-state index is 0.190. The fourth-order valence-electron chi connectivity index (χ4n) is 2.94. The molecule has 2 heterocycles. The van der Waals surface area contributed by atoms with E-state index in [1.807, 2.05) is 49.4 Å². The summed E-state index contributed by atoms with van der Waals surface area (Å²) in [5, 5.41) is 16.4. The number of carbonyl (C=O) groups is 1. The molecule has 0 saturated heterocycles. The van der Waals surface area contributed by atoms with Crippen LogP contribution in [-0.2, 0) is 4.79 Å². The van der Waals surface area contributed by atoms with Crippen LogP contribution in [0.1, 0.15) is 36.7 Å². The number of nitrogens with zero attached hydrogens (tertiary/aromatic N) is 4. The number of aromatic nitrogens is 4. The van der Waals surface area contributed by atoms with Gasteiger partial charge in [0, 0.05) is 11.6 Å². The van der Waals surface area contributed by atoms with E-state index in [0.29, 0.717) is 11.6 Å². The van der Waals surface area contributed by atoms with Crippen LogP contribution >= 0.6 is 11.3 Å². The number of hydrogen-bond donors (Lipinski definition) is 1. The Kier molecular flexibility index (Phi) is 5.22. The Morgan fingerprint density at radius 2 is 1.86 bits per heavy atom. The first-order chi connectivity index (χ1) is 14.0. The molecule has 0 unspecified atom stereocenters. The molecule has 0 aliphatic rings. The van der Waals surface area contributed by atoms with Gasteiger partial charge in [0.15, 0.2) is 5.82 Å². The number of aryl methyl sites for hydroxylation is 1. The molecule has 0 spiro atoms. The van der Waals surface area contributed by atoms with Gasteiger partial charge in [-0.3, -0.25) is 4.79 Å². The highest BCUT2D eigenvalue weighted by atomic mass is 32.1. The van der Waals surface area contributed by atoms with Crippen molar-refractivity contribution in [3.05, 3.63) is 71.6 Å². The van der Waals surface area contributed by atoms with Crippen molar-refractivity contribution in [1.29, 1.82) is 0 Å². The van der Waals surface area contributed by atoms with Gasteiger partial charge in [0.2, 0.25) is 10.9 Å². The van der Waals surface area contributed by atoms with E-state index in [-0.39, 0.29) is 5.91 Å². The van der Waals surface area contributed by atoms with Crippen LogP contribution in [-0.4, -0.2) is 25.7 Å². The van der Waals surface area contributed by atoms with Crippen molar-refractivity contribution in [3.63, 3.8) is 0 Å². The number of amides is 1. The van der Waals surface area contributed by atoms with E-state index < -0.39 is 0 Å².